The highest BCUT2D eigenvalue weighted by molar-refractivity contribution is 9.10. The Hall–Kier alpha value is -1.05. The van der Waals surface area contributed by atoms with E-state index in [1.54, 1.807) is 7.11 Å². The largest absolute Gasteiger partial charge is 0.496 e. The van der Waals surface area contributed by atoms with Crippen molar-refractivity contribution >= 4 is 15.9 Å². The normalized spacial score (nSPS) is 9.81. The van der Waals surface area contributed by atoms with Crippen LogP contribution in [0.1, 0.15) is 18.4 Å². The molecule has 0 aromatic heterocycles. The van der Waals surface area contributed by atoms with Crippen LogP contribution in [-0.2, 0) is 6.54 Å². The third kappa shape index (κ3) is 4.21. The molecule has 1 aromatic rings. The standard InChI is InChI=1S/C12H15BrN2O/c1-16-12-5-4-11(13)8-10(12)9-15-7-3-2-6-14/h4-5,8,15H,2-3,7,9H2,1H3. The Morgan fingerprint density at radius 2 is 2.31 bits per heavy atom. The minimum atomic E-state index is 0.600. The van der Waals surface area contributed by atoms with Crippen LogP contribution in [0.5, 0.6) is 5.75 Å². The minimum absolute atomic E-state index is 0.600. The van der Waals surface area contributed by atoms with Crippen LogP contribution in [0.2, 0.25) is 0 Å². The van der Waals surface area contributed by atoms with Gasteiger partial charge in [0.15, 0.2) is 0 Å². The molecule has 86 valence electrons. The number of ether oxygens (including phenoxy) is 1. The fourth-order valence-electron chi connectivity index (χ4n) is 1.40. The van der Waals surface area contributed by atoms with Gasteiger partial charge in [-0.2, -0.15) is 5.26 Å². The van der Waals surface area contributed by atoms with Crippen LogP contribution in [0.25, 0.3) is 0 Å². The van der Waals surface area contributed by atoms with Crippen molar-refractivity contribution in [1.82, 2.24) is 5.32 Å². The van der Waals surface area contributed by atoms with E-state index in [0.29, 0.717) is 6.42 Å². The lowest BCUT2D eigenvalue weighted by molar-refractivity contribution is 0.407. The average Bonchev–Trinajstić information content (AvgIpc) is 2.29. The SMILES string of the molecule is COc1ccc(Br)cc1CNCCCC#N. The first kappa shape index (κ1) is 13.0. The second-order valence-corrected chi connectivity index (χ2v) is 4.31. The lowest BCUT2D eigenvalue weighted by Gasteiger charge is -2.09. The second kappa shape index (κ2) is 7.26. The van der Waals surface area contributed by atoms with Crippen LogP contribution in [0.4, 0.5) is 0 Å². The Bertz CT molecular complexity index is 374. The Morgan fingerprint density at radius 1 is 1.50 bits per heavy atom. The molecule has 1 N–H and O–H groups in total. The van der Waals surface area contributed by atoms with Crippen molar-refractivity contribution in [3.63, 3.8) is 0 Å². The zero-order chi connectivity index (χ0) is 11.8. The van der Waals surface area contributed by atoms with Crippen LogP contribution in [0, 0.1) is 11.3 Å². The predicted molar refractivity (Wildman–Crippen MR) is 67.2 cm³/mol. The maximum absolute atomic E-state index is 8.40. The molecule has 0 saturated carbocycles. The number of hydrogen-bond acceptors (Lipinski definition) is 3. The Labute approximate surface area is 105 Å². The van der Waals surface area contributed by atoms with Crippen molar-refractivity contribution in [2.24, 2.45) is 0 Å². The molecule has 0 saturated heterocycles. The number of hydrogen-bond donors (Lipinski definition) is 1. The molecule has 0 bridgehead atoms. The van der Waals surface area contributed by atoms with Crippen molar-refractivity contribution in [2.75, 3.05) is 13.7 Å². The first-order chi connectivity index (χ1) is 7.77. The van der Waals surface area contributed by atoms with E-state index in [2.05, 4.69) is 27.3 Å². The lowest BCUT2D eigenvalue weighted by Crippen LogP contribution is -2.15. The van der Waals surface area contributed by atoms with Gasteiger partial charge in [-0.15, -0.1) is 0 Å². The van der Waals surface area contributed by atoms with Crippen molar-refractivity contribution in [1.29, 1.82) is 5.26 Å². The van der Waals surface area contributed by atoms with Gasteiger partial charge in [-0.3, -0.25) is 0 Å². The van der Waals surface area contributed by atoms with Crippen molar-refractivity contribution in [2.45, 2.75) is 19.4 Å². The first-order valence-corrected chi connectivity index (χ1v) is 5.97. The van der Waals surface area contributed by atoms with E-state index in [-0.39, 0.29) is 0 Å². The summed E-state index contributed by atoms with van der Waals surface area (Å²) in [4.78, 5) is 0. The van der Waals surface area contributed by atoms with Crippen LogP contribution in [-0.4, -0.2) is 13.7 Å². The summed E-state index contributed by atoms with van der Waals surface area (Å²) in [5, 5.41) is 11.7. The van der Waals surface area contributed by atoms with E-state index in [0.717, 1.165) is 35.3 Å². The molecule has 0 unspecified atom stereocenters. The van der Waals surface area contributed by atoms with Crippen LogP contribution >= 0.6 is 15.9 Å². The highest BCUT2D eigenvalue weighted by Gasteiger charge is 2.02. The molecule has 0 spiro atoms. The predicted octanol–water partition coefficient (Wildman–Crippen LogP) is 2.85. The topological polar surface area (TPSA) is 45.0 Å². The van der Waals surface area contributed by atoms with Gasteiger partial charge in [0.25, 0.3) is 0 Å². The lowest BCUT2D eigenvalue weighted by atomic mass is 10.2. The molecule has 0 heterocycles. The molecule has 0 amide bonds. The summed E-state index contributed by atoms with van der Waals surface area (Å²) in [5.74, 6) is 0.885. The van der Waals surface area contributed by atoms with Gasteiger partial charge >= 0.3 is 0 Å². The van der Waals surface area contributed by atoms with Crippen LogP contribution in [0.3, 0.4) is 0 Å². The zero-order valence-electron chi connectivity index (χ0n) is 9.29. The first-order valence-electron chi connectivity index (χ1n) is 5.18. The molecule has 0 aliphatic rings. The molecule has 16 heavy (non-hydrogen) atoms. The van der Waals surface area contributed by atoms with Gasteiger partial charge in [-0.25, -0.2) is 0 Å². The maximum Gasteiger partial charge on any atom is 0.123 e. The molecule has 1 rings (SSSR count). The summed E-state index contributed by atoms with van der Waals surface area (Å²) in [6.07, 6.45) is 1.48. The molecular formula is C12H15BrN2O. The molecule has 3 nitrogen and oxygen atoms in total. The van der Waals surface area contributed by atoms with Gasteiger partial charge in [0, 0.05) is 23.0 Å². The van der Waals surface area contributed by atoms with Gasteiger partial charge in [0.2, 0.25) is 0 Å². The molecular weight excluding hydrogens is 268 g/mol. The summed E-state index contributed by atoms with van der Waals surface area (Å²) in [6, 6.07) is 8.06. The summed E-state index contributed by atoms with van der Waals surface area (Å²) < 4.78 is 6.31. The third-order valence-corrected chi connectivity index (χ3v) is 2.69. The number of nitrogens with one attached hydrogen (secondary N) is 1. The molecule has 0 atom stereocenters. The number of nitriles is 1. The molecule has 0 aliphatic carbocycles. The van der Waals surface area contributed by atoms with E-state index in [1.165, 1.54) is 0 Å². The molecule has 1 aromatic carbocycles. The van der Waals surface area contributed by atoms with E-state index < -0.39 is 0 Å². The fraction of sp³-hybridized carbons (Fsp3) is 0.417. The number of methoxy groups -OCH3 is 1. The van der Waals surface area contributed by atoms with E-state index in [1.807, 2.05) is 18.2 Å². The smallest absolute Gasteiger partial charge is 0.123 e. The van der Waals surface area contributed by atoms with Gasteiger partial charge in [-0.05, 0) is 31.2 Å². The summed E-state index contributed by atoms with van der Waals surface area (Å²) in [5.41, 5.74) is 1.12. The Balaban J connectivity index is 2.46. The highest BCUT2D eigenvalue weighted by atomic mass is 79.9. The molecule has 4 heteroatoms. The Kier molecular flexibility index (Phi) is 5.91. The number of benzene rings is 1. The molecule has 0 fully saturated rings. The number of rotatable bonds is 6. The summed E-state index contributed by atoms with van der Waals surface area (Å²) >= 11 is 3.43. The molecule has 0 radical (unpaired) electrons. The number of nitrogens with zero attached hydrogens (tertiary/aromatic N) is 1. The number of unbranched alkanes of at least 4 members (excludes halogenated alkanes) is 1. The highest BCUT2D eigenvalue weighted by Crippen LogP contribution is 2.22. The average molecular weight is 283 g/mol. The summed E-state index contributed by atoms with van der Waals surface area (Å²) in [7, 11) is 1.67. The maximum atomic E-state index is 8.40. The quantitative estimate of drug-likeness (QED) is 0.816. The van der Waals surface area contributed by atoms with Crippen LogP contribution < -0.4 is 10.1 Å². The second-order valence-electron chi connectivity index (χ2n) is 3.39. The summed E-state index contributed by atoms with van der Waals surface area (Å²) in [6.45, 7) is 1.61. The van der Waals surface area contributed by atoms with Crippen molar-refractivity contribution in [3.8, 4) is 11.8 Å². The zero-order valence-corrected chi connectivity index (χ0v) is 10.9. The van der Waals surface area contributed by atoms with Gasteiger partial charge in [0.05, 0.1) is 13.2 Å². The van der Waals surface area contributed by atoms with Gasteiger partial charge in [-0.1, -0.05) is 15.9 Å². The van der Waals surface area contributed by atoms with Crippen molar-refractivity contribution in [3.05, 3.63) is 28.2 Å². The minimum Gasteiger partial charge on any atom is -0.496 e. The Morgan fingerprint density at radius 3 is 3.00 bits per heavy atom. The van der Waals surface area contributed by atoms with E-state index in [9.17, 15) is 0 Å². The van der Waals surface area contributed by atoms with Crippen LogP contribution in [0.15, 0.2) is 22.7 Å². The third-order valence-electron chi connectivity index (χ3n) is 2.20. The van der Waals surface area contributed by atoms with Crippen molar-refractivity contribution < 1.29 is 4.74 Å². The number of halogens is 1. The monoisotopic (exact) mass is 282 g/mol. The van der Waals surface area contributed by atoms with Gasteiger partial charge in [0.1, 0.15) is 5.75 Å². The molecule has 0 aliphatic heterocycles. The fourth-order valence-corrected chi connectivity index (χ4v) is 1.81. The van der Waals surface area contributed by atoms with Gasteiger partial charge < -0.3 is 10.1 Å². The van der Waals surface area contributed by atoms with E-state index in [4.69, 9.17) is 10.00 Å². The van der Waals surface area contributed by atoms with E-state index >= 15 is 0 Å².